The first-order valence-electron chi connectivity index (χ1n) is 6.04. The monoisotopic (exact) mass is 237 g/mol. The molecule has 0 saturated heterocycles. The van der Waals surface area contributed by atoms with Crippen LogP contribution in [0.25, 0.3) is 0 Å². The van der Waals surface area contributed by atoms with Crippen molar-refractivity contribution in [2.45, 2.75) is 19.4 Å². The number of hydrogen-bond acceptors (Lipinski definition) is 2. The van der Waals surface area contributed by atoms with Crippen LogP contribution in [0, 0.1) is 0 Å². The Kier molecular flexibility index (Phi) is 4.46. The van der Waals surface area contributed by atoms with E-state index in [1.807, 2.05) is 30.3 Å². The number of aliphatic imine (C=N–C) groups is 1. The van der Waals surface area contributed by atoms with Gasteiger partial charge in [-0.1, -0.05) is 54.6 Å². The predicted octanol–water partition coefficient (Wildman–Crippen LogP) is 3.31. The van der Waals surface area contributed by atoms with Gasteiger partial charge in [-0.25, -0.2) is 9.79 Å². The quantitative estimate of drug-likeness (QED) is 0.582. The second-order valence-corrected chi connectivity index (χ2v) is 4.16. The minimum atomic E-state index is 0.435. The van der Waals surface area contributed by atoms with Crippen molar-refractivity contribution < 1.29 is 4.79 Å². The number of hydrogen-bond donors (Lipinski definition) is 0. The first-order chi connectivity index (χ1) is 8.90. The minimum Gasteiger partial charge on any atom is -0.211 e. The van der Waals surface area contributed by atoms with E-state index in [1.165, 1.54) is 18.9 Å². The molecule has 1 aliphatic carbocycles. The van der Waals surface area contributed by atoms with Crippen LogP contribution in [0.2, 0.25) is 0 Å². The van der Waals surface area contributed by atoms with Crippen LogP contribution >= 0.6 is 0 Å². The Morgan fingerprint density at radius 1 is 0.889 bits per heavy atom. The molecule has 0 amide bonds. The van der Waals surface area contributed by atoms with Gasteiger partial charge in [-0.05, 0) is 29.5 Å². The SMILES string of the molecule is O=C=NCc1ccccc1.c1ccc2c(c1)CC2. The first kappa shape index (κ1) is 12.3. The zero-order valence-corrected chi connectivity index (χ0v) is 10.2. The third-order valence-electron chi connectivity index (χ3n) is 2.95. The van der Waals surface area contributed by atoms with Gasteiger partial charge < -0.3 is 0 Å². The Morgan fingerprint density at radius 3 is 1.89 bits per heavy atom. The third kappa shape index (κ3) is 3.41. The molecule has 0 radical (unpaired) electrons. The van der Waals surface area contributed by atoms with E-state index in [2.05, 4.69) is 29.3 Å². The fourth-order valence-electron chi connectivity index (χ4n) is 1.84. The van der Waals surface area contributed by atoms with Gasteiger partial charge in [0, 0.05) is 0 Å². The van der Waals surface area contributed by atoms with Crippen molar-refractivity contribution >= 4 is 6.08 Å². The fourth-order valence-corrected chi connectivity index (χ4v) is 1.84. The molecule has 0 unspecified atom stereocenters. The van der Waals surface area contributed by atoms with Gasteiger partial charge in [0.05, 0.1) is 6.54 Å². The highest BCUT2D eigenvalue weighted by Gasteiger charge is 2.09. The molecule has 0 N–H and O–H groups in total. The molecule has 18 heavy (non-hydrogen) atoms. The number of nitrogens with zero attached hydrogens (tertiary/aromatic N) is 1. The number of carbonyl (C=O) groups excluding carboxylic acids is 1. The summed E-state index contributed by atoms with van der Waals surface area (Å²) in [4.78, 5) is 13.1. The van der Waals surface area contributed by atoms with Crippen molar-refractivity contribution in [1.29, 1.82) is 0 Å². The van der Waals surface area contributed by atoms with Crippen LogP contribution in [-0.4, -0.2) is 6.08 Å². The Bertz CT molecular complexity index is 519. The van der Waals surface area contributed by atoms with Gasteiger partial charge in [0.2, 0.25) is 6.08 Å². The molecule has 90 valence electrons. The highest BCUT2D eigenvalue weighted by molar-refractivity contribution is 5.34. The Balaban J connectivity index is 0.000000136. The molecule has 2 aromatic carbocycles. The highest BCUT2D eigenvalue weighted by atomic mass is 16.1. The van der Waals surface area contributed by atoms with Gasteiger partial charge in [0.1, 0.15) is 0 Å². The number of fused-ring (bicyclic) bond motifs is 1. The lowest BCUT2D eigenvalue weighted by atomic mass is 9.89. The molecule has 0 aliphatic heterocycles. The summed E-state index contributed by atoms with van der Waals surface area (Å²) in [6, 6.07) is 18.2. The van der Waals surface area contributed by atoms with E-state index in [9.17, 15) is 4.79 Å². The van der Waals surface area contributed by atoms with E-state index in [0.29, 0.717) is 6.54 Å². The predicted molar refractivity (Wildman–Crippen MR) is 72.1 cm³/mol. The summed E-state index contributed by atoms with van der Waals surface area (Å²) in [6.07, 6.45) is 4.09. The number of isocyanates is 1. The molecule has 0 spiro atoms. The molecule has 0 aromatic heterocycles. The van der Waals surface area contributed by atoms with Crippen LogP contribution in [0.1, 0.15) is 16.7 Å². The van der Waals surface area contributed by atoms with Gasteiger partial charge in [0.25, 0.3) is 0 Å². The first-order valence-corrected chi connectivity index (χ1v) is 6.04. The maximum Gasteiger partial charge on any atom is 0.235 e. The van der Waals surface area contributed by atoms with Crippen molar-refractivity contribution in [2.75, 3.05) is 0 Å². The van der Waals surface area contributed by atoms with E-state index in [4.69, 9.17) is 0 Å². The van der Waals surface area contributed by atoms with Gasteiger partial charge >= 0.3 is 0 Å². The van der Waals surface area contributed by atoms with Crippen LogP contribution in [0.3, 0.4) is 0 Å². The molecule has 0 heterocycles. The van der Waals surface area contributed by atoms with Crippen molar-refractivity contribution in [3.63, 3.8) is 0 Å². The summed E-state index contributed by atoms with van der Waals surface area (Å²) < 4.78 is 0. The zero-order chi connectivity index (χ0) is 12.6. The van der Waals surface area contributed by atoms with Crippen LogP contribution in [-0.2, 0) is 24.2 Å². The number of aryl methyl sites for hydroxylation is 2. The number of rotatable bonds is 2. The van der Waals surface area contributed by atoms with Crippen LogP contribution in [0.4, 0.5) is 0 Å². The summed E-state index contributed by atoms with van der Waals surface area (Å²) >= 11 is 0. The average Bonchev–Trinajstić information content (AvgIpc) is 2.40. The van der Waals surface area contributed by atoms with E-state index in [1.54, 1.807) is 11.1 Å². The normalized spacial score (nSPS) is 11.1. The van der Waals surface area contributed by atoms with E-state index in [0.717, 1.165) is 5.56 Å². The van der Waals surface area contributed by atoms with E-state index in [-0.39, 0.29) is 0 Å². The zero-order valence-electron chi connectivity index (χ0n) is 10.2. The molecule has 0 fully saturated rings. The fraction of sp³-hybridized carbons (Fsp3) is 0.188. The Hall–Kier alpha value is -2.18. The molecule has 0 atom stereocenters. The standard InChI is InChI=1S/C8H7NO.C8H8/c10-7-9-6-8-4-2-1-3-5-8;1-2-4-8-6-5-7(8)3-1/h1-5H,6H2;1-4H,5-6H2. The molecule has 1 aliphatic rings. The van der Waals surface area contributed by atoms with Gasteiger partial charge in [-0.3, -0.25) is 0 Å². The molecule has 2 heteroatoms. The maximum absolute atomic E-state index is 9.69. The van der Waals surface area contributed by atoms with E-state index < -0.39 is 0 Å². The summed E-state index contributed by atoms with van der Waals surface area (Å²) in [7, 11) is 0. The van der Waals surface area contributed by atoms with Gasteiger partial charge in [0.15, 0.2) is 0 Å². The molecular formula is C16H15NO. The van der Waals surface area contributed by atoms with Crippen LogP contribution < -0.4 is 0 Å². The summed E-state index contributed by atoms with van der Waals surface area (Å²) in [6.45, 7) is 0.435. The maximum atomic E-state index is 9.69. The second kappa shape index (κ2) is 6.53. The van der Waals surface area contributed by atoms with Crippen molar-refractivity contribution in [3.8, 4) is 0 Å². The highest BCUT2D eigenvalue weighted by Crippen LogP contribution is 2.20. The van der Waals surface area contributed by atoms with Crippen LogP contribution in [0.15, 0.2) is 59.6 Å². The van der Waals surface area contributed by atoms with Gasteiger partial charge in [-0.15, -0.1) is 0 Å². The summed E-state index contributed by atoms with van der Waals surface area (Å²) in [5.41, 5.74) is 4.13. The molecule has 0 bridgehead atoms. The molecule has 0 saturated carbocycles. The second-order valence-electron chi connectivity index (χ2n) is 4.16. The molecule has 2 nitrogen and oxygen atoms in total. The third-order valence-corrected chi connectivity index (χ3v) is 2.95. The van der Waals surface area contributed by atoms with Crippen molar-refractivity contribution in [3.05, 3.63) is 71.3 Å². The van der Waals surface area contributed by atoms with Gasteiger partial charge in [-0.2, -0.15) is 0 Å². The Morgan fingerprint density at radius 2 is 1.44 bits per heavy atom. The molecule has 2 aromatic rings. The van der Waals surface area contributed by atoms with Crippen LogP contribution in [0.5, 0.6) is 0 Å². The summed E-state index contributed by atoms with van der Waals surface area (Å²) in [5.74, 6) is 0. The number of benzene rings is 2. The lowest BCUT2D eigenvalue weighted by Crippen LogP contribution is -2.06. The average molecular weight is 237 g/mol. The minimum absolute atomic E-state index is 0.435. The van der Waals surface area contributed by atoms with Crippen molar-refractivity contribution in [2.24, 2.45) is 4.99 Å². The topological polar surface area (TPSA) is 29.4 Å². The largest absolute Gasteiger partial charge is 0.235 e. The van der Waals surface area contributed by atoms with E-state index >= 15 is 0 Å². The molecule has 3 rings (SSSR count). The lowest BCUT2D eigenvalue weighted by Gasteiger charge is -2.16. The molecular weight excluding hydrogens is 222 g/mol. The van der Waals surface area contributed by atoms with Crippen molar-refractivity contribution in [1.82, 2.24) is 0 Å². The smallest absolute Gasteiger partial charge is 0.211 e. The lowest BCUT2D eigenvalue weighted by molar-refractivity contribution is 0.563. The summed E-state index contributed by atoms with van der Waals surface area (Å²) in [5, 5.41) is 0. The Labute approximate surface area is 107 Å².